The molecule has 2 aromatic rings. The molecule has 276 valence electrons. The van der Waals surface area contributed by atoms with Gasteiger partial charge in [0.1, 0.15) is 40.2 Å². The lowest BCUT2D eigenvalue weighted by atomic mass is 9.85. The van der Waals surface area contributed by atoms with Gasteiger partial charge in [0, 0.05) is 35.7 Å². The van der Waals surface area contributed by atoms with Crippen molar-refractivity contribution in [2.75, 3.05) is 6.54 Å². The Kier molecular flexibility index (Phi) is 10.2. The van der Waals surface area contributed by atoms with Crippen molar-refractivity contribution in [2.45, 2.75) is 108 Å². The Hall–Kier alpha value is -4.05. The van der Waals surface area contributed by atoms with Gasteiger partial charge in [0.2, 0.25) is 21.8 Å². The van der Waals surface area contributed by atoms with Gasteiger partial charge in [0.05, 0.1) is 11.3 Å². The van der Waals surface area contributed by atoms with Crippen LogP contribution in [0, 0.1) is 24.7 Å². The molecule has 0 radical (unpaired) electrons. The molecule has 51 heavy (non-hydrogen) atoms. The second kappa shape index (κ2) is 14.2. The minimum Gasteiger partial charge on any atom is -0.488 e. The van der Waals surface area contributed by atoms with Crippen LogP contribution in [0.2, 0.25) is 0 Å². The number of fused-ring (bicyclic) bond motifs is 2. The normalized spacial score (nSPS) is 30.5. The predicted molar refractivity (Wildman–Crippen MR) is 189 cm³/mol. The minimum absolute atomic E-state index is 0.0238. The predicted octanol–water partition coefficient (Wildman–Crippen LogP) is 3.77. The number of aryl methyl sites for hydroxylation is 1. The first kappa shape index (κ1) is 36.7. The van der Waals surface area contributed by atoms with E-state index < -0.39 is 68.2 Å². The fourth-order valence-corrected chi connectivity index (χ4v) is 9.29. The van der Waals surface area contributed by atoms with Gasteiger partial charge in [-0.2, -0.15) is 0 Å². The molecule has 4 heterocycles. The molecule has 2 aromatic heterocycles. The molecule has 7 atom stereocenters. The summed E-state index contributed by atoms with van der Waals surface area (Å²) in [5.74, 6) is -2.20. The summed E-state index contributed by atoms with van der Waals surface area (Å²) in [4.78, 5) is 64.8. The molecule has 0 aromatic carbocycles. The fraction of sp³-hybridized carbons (Fsp3) is 0.600. The van der Waals surface area contributed by atoms with E-state index in [1.54, 1.807) is 25.3 Å². The van der Waals surface area contributed by atoms with E-state index in [9.17, 15) is 32.7 Å². The number of amides is 4. The van der Waals surface area contributed by atoms with E-state index in [1.165, 1.54) is 16.2 Å². The topological polar surface area (TPSA) is 197 Å². The van der Waals surface area contributed by atoms with Gasteiger partial charge >= 0.3 is 6.09 Å². The van der Waals surface area contributed by atoms with Gasteiger partial charge in [0.15, 0.2) is 0 Å². The molecular formula is C35H46N6O8S2. The van der Waals surface area contributed by atoms with E-state index in [2.05, 4.69) is 32.2 Å². The third kappa shape index (κ3) is 7.76. The second-order valence-corrected chi connectivity index (χ2v) is 17.8. The summed E-state index contributed by atoms with van der Waals surface area (Å²) in [6.45, 7) is 7.41. The second-order valence-electron chi connectivity index (χ2n) is 14.8. The summed E-state index contributed by atoms with van der Waals surface area (Å²) in [5, 5.41) is 17.8. The first-order valence-electron chi connectivity index (χ1n) is 17.6. The van der Waals surface area contributed by atoms with Gasteiger partial charge in [-0.25, -0.2) is 18.2 Å². The first-order chi connectivity index (χ1) is 24.1. The average molecular weight is 743 g/mol. The van der Waals surface area contributed by atoms with E-state index >= 15 is 0 Å². The van der Waals surface area contributed by atoms with Gasteiger partial charge in [-0.3, -0.25) is 24.1 Å². The number of hydrogen-bond donors (Lipinski definition) is 4. The van der Waals surface area contributed by atoms with Crippen LogP contribution in [0.25, 0.3) is 10.7 Å². The van der Waals surface area contributed by atoms with Gasteiger partial charge in [-0.15, -0.1) is 11.3 Å². The number of carboxylic acid groups (broad SMARTS) is 1. The lowest BCUT2D eigenvalue weighted by Crippen LogP contribution is -2.59. The molecule has 1 saturated heterocycles. The minimum atomic E-state index is -3.99. The van der Waals surface area contributed by atoms with E-state index in [4.69, 9.17) is 4.74 Å². The third-order valence-corrected chi connectivity index (χ3v) is 13.9. The molecule has 4 aliphatic rings. The molecule has 0 spiro atoms. The molecule has 16 heteroatoms. The number of allylic oxidation sites excluding steroid dienone is 1. The summed E-state index contributed by atoms with van der Waals surface area (Å²) < 4.78 is 33.7. The largest absolute Gasteiger partial charge is 0.488 e. The SMILES string of the molecule is CC[C@@H]1C[C@H](C)CCC=C[C@@H]2C[C@@]2(C(=O)NS(=O)(=O)C2(C)CC2)NC(=O)[C@@H]2C[C@@H](Oc3ccnc(-c4nc(C)cs4)c3)CN2C(=O)[C@H]1NC(=O)O. The maximum atomic E-state index is 14.4. The van der Waals surface area contributed by atoms with E-state index in [1.807, 2.05) is 31.4 Å². The highest BCUT2D eigenvalue weighted by atomic mass is 32.2. The number of pyridine rings is 1. The fourth-order valence-electron chi connectivity index (χ4n) is 7.21. The Labute approximate surface area is 301 Å². The summed E-state index contributed by atoms with van der Waals surface area (Å²) in [7, 11) is -3.99. The quantitative estimate of drug-likeness (QED) is 0.289. The molecule has 0 unspecified atom stereocenters. The highest BCUT2D eigenvalue weighted by Crippen LogP contribution is 2.47. The molecule has 2 aliphatic heterocycles. The van der Waals surface area contributed by atoms with E-state index in [0.29, 0.717) is 48.6 Å². The summed E-state index contributed by atoms with van der Waals surface area (Å²) >= 11 is 1.44. The molecule has 4 amide bonds. The average Bonchev–Trinajstić information content (AvgIpc) is 3.88. The zero-order valence-electron chi connectivity index (χ0n) is 29.3. The van der Waals surface area contributed by atoms with Crippen LogP contribution in [-0.4, -0.2) is 87.2 Å². The first-order valence-corrected chi connectivity index (χ1v) is 19.9. The Morgan fingerprint density at radius 3 is 2.67 bits per heavy atom. The van der Waals surface area contributed by atoms with Gasteiger partial charge in [-0.05, 0) is 70.3 Å². The number of sulfonamides is 1. The number of thiazole rings is 1. The number of rotatable bonds is 8. The van der Waals surface area contributed by atoms with Crippen LogP contribution < -0.4 is 20.1 Å². The van der Waals surface area contributed by atoms with Crippen molar-refractivity contribution in [2.24, 2.45) is 17.8 Å². The third-order valence-electron chi connectivity index (χ3n) is 10.8. The Bertz CT molecular complexity index is 1830. The maximum Gasteiger partial charge on any atom is 0.405 e. The van der Waals surface area contributed by atoms with E-state index in [-0.39, 0.29) is 31.2 Å². The monoisotopic (exact) mass is 742 g/mol. The maximum absolute atomic E-state index is 14.4. The van der Waals surface area contributed by atoms with Crippen LogP contribution in [0.5, 0.6) is 5.75 Å². The molecule has 4 N–H and O–H groups in total. The van der Waals surface area contributed by atoms with Crippen LogP contribution in [-0.2, 0) is 24.4 Å². The van der Waals surface area contributed by atoms with Gasteiger partial charge in [-0.1, -0.05) is 32.4 Å². The number of carbonyl (C=O) groups is 4. The highest BCUT2D eigenvalue weighted by molar-refractivity contribution is 7.91. The van der Waals surface area contributed by atoms with E-state index in [0.717, 1.165) is 12.1 Å². The molecule has 2 saturated carbocycles. The van der Waals surface area contributed by atoms with Crippen molar-refractivity contribution in [3.8, 4) is 16.5 Å². The molecule has 6 rings (SSSR count). The smallest absolute Gasteiger partial charge is 0.405 e. The van der Waals surface area contributed by atoms with Gasteiger partial charge < -0.3 is 25.4 Å². The molecular weight excluding hydrogens is 697 g/mol. The Morgan fingerprint density at radius 2 is 2.00 bits per heavy atom. The van der Waals surface area contributed by atoms with Crippen LogP contribution in [0.3, 0.4) is 0 Å². The number of ether oxygens (including phenoxy) is 1. The number of nitrogens with zero attached hydrogens (tertiary/aromatic N) is 3. The zero-order chi connectivity index (χ0) is 36.7. The standard InChI is InChI=1S/C35H46N6O8S2/c1-5-22-14-20(2)8-6-7-9-23-17-35(23,32(44)40-51(47,48)34(4)11-12-34)39-29(42)27-16-25(18-41(27)31(43)28(22)38-33(45)46)49-24-10-13-36-26(15-24)30-37-21(3)19-50-30/h7,9-10,13,15,19-20,22-23,25,27-28,38H,5-6,8,11-12,14,16-18H2,1-4H3,(H,39,42)(H,40,44)(H,45,46)/t20-,22-,23-,25-,27+,28+,35-/m1/s1. The van der Waals surface area contributed by atoms with Crippen molar-refractivity contribution >= 4 is 45.2 Å². The van der Waals surface area contributed by atoms with Crippen molar-refractivity contribution < 1.29 is 37.4 Å². The number of carbonyl (C=O) groups excluding carboxylic acids is 3. The van der Waals surface area contributed by atoms with Crippen molar-refractivity contribution in [3.05, 3.63) is 41.6 Å². The molecule has 3 fully saturated rings. The Morgan fingerprint density at radius 1 is 1.24 bits per heavy atom. The molecule has 14 nitrogen and oxygen atoms in total. The van der Waals surface area contributed by atoms with Gasteiger partial charge in [0.25, 0.3) is 5.91 Å². The number of aromatic nitrogens is 2. The molecule has 0 bridgehead atoms. The van der Waals surface area contributed by atoms with Crippen LogP contribution in [0.15, 0.2) is 35.9 Å². The zero-order valence-corrected chi connectivity index (χ0v) is 30.9. The Balaban J connectivity index is 1.32. The summed E-state index contributed by atoms with van der Waals surface area (Å²) in [6, 6.07) is 1.16. The van der Waals surface area contributed by atoms with Crippen LogP contribution >= 0.6 is 11.3 Å². The highest BCUT2D eigenvalue weighted by Gasteiger charge is 2.63. The summed E-state index contributed by atoms with van der Waals surface area (Å²) in [5.41, 5.74) is -0.0629. The summed E-state index contributed by atoms with van der Waals surface area (Å²) in [6.07, 6.45) is 7.00. The van der Waals surface area contributed by atoms with Crippen molar-refractivity contribution in [1.29, 1.82) is 0 Å². The number of nitrogens with one attached hydrogen (secondary N) is 3. The lowest BCUT2D eigenvalue weighted by Gasteiger charge is -2.33. The van der Waals surface area contributed by atoms with Crippen LogP contribution in [0.4, 0.5) is 4.79 Å². The van der Waals surface area contributed by atoms with Crippen molar-refractivity contribution in [3.63, 3.8) is 0 Å². The lowest BCUT2D eigenvalue weighted by molar-refractivity contribution is -0.142. The van der Waals surface area contributed by atoms with Crippen LogP contribution in [0.1, 0.15) is 77.8 Å². The molecule has 2 aliphatic carbocycles. The number of hydrogen-bond acceptors (Lipinski definition) is 10. The van der Waals surface area contributed by atoms with Crippen molar-refractivity contribution in [1.82, 2.24) is 30.2 Å².